The molecule has 1 amide bonds. The maximum Gasteiger partial charge on any atom is 0.242 e. The molecule has 4 heteroatoms. The van der Waals surface area contributed by atoms with Gasteiger partial charge in [-0.05, 0) is 25.3 Å². The second-order valence-electron chi connectivity index (χ2n) is 6.77. The van der Waals surface area contributed by atoms with E-state index in [0.717, 1.165) is 57.2 Å². The Balaban J connectivity index is 2.53. The Bertz CT molecular complexity index is 454. The third kappa shape index (κ3) is 8.50. The maximum atomic E-state index is 12.8. The molecule has 1 rings (SSSR count). The van der Waals surface area contributed by atoms with E-state index < -0.39 is 6.04 Å². The first-order chi connectivity index (χ1) is 12.1. The van der Waals surface area contributed by atoms with Gasteiger partial charge in [-0.2, -0.15) is 0 Å². The Morgan fingerprint density at radius 1 is 1.04 bits per heavy atom. The van der Waals surface area contributed by atoms with Crippen molar-refractivity contribution in [1.82, 2.24) is 4.90 Å². The Labute approximate surface area is 153 Å². The average molecular weight is 349 g/mol. The van der Waals surface area contributed by atoms with Gasteiger partial charge in [-0.3, -0.25) is 4.79 Å². The van der Waals surface area contributed by atoms with Crippen molar-refractivity contribution in [2.45, 2.75) is 78.0 Å². The second kappa shape index (κ2) is 12.9. The van der Waals surface area contributed by atoms with Crippen LogP contribution in [0.15, 0.2) is 30.3 Å². The lowest BCUT2D eigenvalue weighted by molar-refractivity contribution is -0.136. The number of carbonyl (C=O) groups is 1. The van der Waals surface area contributed by atoms with Gasteiger partial charge in [-0.1, -0.05) is 69.9 Å². The quantitative estimate of drug-likeness (QED) is 0.545. The van der Waals surface area contributed by atoms with Gasteiger partial charge in [0, 0.05) is 13.1 Å². The lowest BCUT2D eigenvalue weighted by Gasteiger charge is -2.28. The lowest BCUT2D eigenvalue weighted by atomic mass is 10.1. The zero-order valence-corrected chi connectivity index (χ0v) is 16.2. The van der Waals surface area contributed by atoms with Crippen molar-refractivity contribution in [1.29, 1.82) is 0 Å². The van der Waals surface area contributed by atoms with Crippen LogP contribution in [-0.4, -0.2) is 36.0 Å². The van der Waals surface area contributed by atoms with Crippen LogP contribution in [0.5, 0.6) is 0 Å². The van der Waals surface area contributed by atoms with E-state index in [4.69, 9.17) is 10.5 Å². The monoisotopic (exact) mass is 348 g/mol. The van der Waals surface area contributed by atoms with Gasteiger partial charge in [-0.25, -0.2) is 0 Å². The number of unbranched alkanes of at least 4 members (excludes halogenated alkanes) is 4. The van der Waals surface area contributed by atoms with Crippen molar-refractivity contribution in [3.8, 4) is 0 Å². The molecule has 4 nitrogen and oxygen atoms in total. The lowest BCUT2D eigenvalue weighted by Crippen LogP contribution is -2.50. The third-order valence-electron chi connectivity index (χ3n) is 4.52. The van der Waals surface area contributed by atoms with Crippen molar-refractivity contribution in [3.63, 3.8) is 0 Å². The summed E-state index contributed by atoms with van der Waals surface area (Å²) in [7, 11) is 0. The molecule has 0 aliphatic heterocycles. The van der Waals surface area contributed by atoms with Crippen molar-refractivity contribution >= 4 is 5.91 Å². The smallest absolute Gasteiger partial charge is 0.242 e. The number of ether oxygens (including phenoxy) is 1. The van der Waals surface area contributed by atoms with Crippen LogP contribution >= 0.6 is 0 Å². The summed E-state index contributed by atoms with van der Waals surface area (Å²) in [5.74, 6) is 0.0211. The third-order valence-corrected chi connectivity index (χ3v) is 4.52. The summed E-state index contributed by atoms with van der Waals surface area (Å²) in [4.78, 5) is 14.7. The minimum Gasteiger partial charge on any atom is -0.372 e. The summed E-state index contributed by atoms with van der Waals surface area (Å²) in [5.41, 5.74) is 7.31. The fourth-order valence-electron chi connectivity index (χ4n) is 2.75. The molecule has 0 unspecified atom stereocenters. The number of nitrogens with two attached hydrogens (primary N) is 1. The molecule has 0 bridgehead atoms. The second-order valence-corrected chi connectivity index (χ2v) is 6.77. The number of hydrogen-bond donors (Lipinski definition) is 1. The summed E-state index contributed by atoms with van der Waals surface area (Å²) in [6.07, 6.45) is 6.38. The molecule has 1 aromatic rings. The fraction of sp³-hybridized carbons (Fsp3) is 0.667. The van der Waals surface area contributed by atoms with Crippen molar-refractivity contribution in [3.05, 3.63) is 35.9 Å². The number of hydrogen-bond acceptors (Lipinski definition) is 3. The van der Waals surface area contributed by atoms with Gasteiger partial charge < -0.3 is 15.4 Å². The van der Waals surface area contributed by atoms with Gasteiger partial charge in [-0.15, -0.1) is 0 Å². The van der Waals surface area contributed by atoms with Crippen molar-refractivity contribution < 1.29 is 9.53 Å². The summed E-state index contributed by atoms with van der Waals surface area (Å²) in [5, 5.41) is 0. The highest BCUT2D eigenvalue weighted by Crippen LogP contribution is 2.10. The Kier molecular flexibility index (Phi) is 11.2. The summed E-state index contributed by atoms with van der Waals surface area (Å²) in [6.45, 7) is 8.32. The van der Waals surface area contributed by atoms with Crippen LogP contribution in [-0.2, 0) is 16.1 Å². The number of carbonyl (C=O) groups excluding carboxylic acids is 1. The van der Waals surface area contributed by atoms with Crippen LogP contribution in [0.25, 0.3) is 0 Å². The van der Waals surface area contributed by atoms with Crippen LogP contribution < -0.4 is 5.73 Å². The van der Waals surface area contributed by atoms with E-state index in [1.165, 1.54) is 0 Å². The van der Waals surface area contributed by atoms with Crippen molar-refractivity contribution in [2.75, 3.05) is 13.1 Å². The zero-order valence-electron chi connectivity index (χ0n) is 16.2. The predicted octanol–water partition coefficient (Wildman–Crippen LogP) is 4.13. The van der Waals surface area contributed by atoms with Gasteiger partial charge in [0.15, 0.2) is 0 Å². The highest BCUT2D eigenvalue weighted by Gasteiger charge is 2.26. The molecule has 0 radical (unpaired) electrons. The summed E-state index contributed by atoms with van der Waals surface area (Å²) in [6, 6.07) is 9.37. The van der Waals surface area contributed by atoms with E-state index >= 15 is 0 Å². The molecule has 0 fully saturated rings. The van der Waals surface area contributed by atoms with Gasteiger partial charge in [0.2, 0.25) is 5.91 Å². The molecule has 0 aliphatic carbocycles. The van der Waals surface area contributed by atoms with E-state index in [2.05, 4.69) is 13.8 Å². The molecule has 0 aliphatic rings. The SMILES string of the molecule is CCCCCN(CCCCC)C(=O)[C@H](N)[C@H](C)OCc1ccccc1. The fourth-order valence-corrected chi connectivity index (χ4v) is 2.75. The molecular weight excluding hydrogens is 312 g/mol. The minimum atomic E-state index is -0.605. The number of nitrogens with zero attached hydrogens (tertiary/aromatic N) is 1. The van der Waals surface area contributed by atoms with Crippen LogP contribution in [0.3, 0.4) is 0 Å². The molecule has 1 aromatic carbocycles. The molecule has 0 saturated heterocycles. The molecule has 142 valence electrons. The van der Waals surface area contributed by atoms with E-state index in [1.807, 2.05) is 42.2 Å². The predicted molar refractivity (Wildman–Crippen MR) is 104 cm³/mol. The standard InChI is InChI=1S/C21H36N2O2/c1-4-6-11-15-23(16-12-7-5-2)21(24)20(22)18(3)25-17-19-13-9-8-10-14-19/h8-10,13-14,18,20H,4-7,11-12,15-17,22H2,1-3H3/t18-,20+/m0/s1. The first kappa shape index (κ1) is 21.7. The first-order valence-electron chi connectivity index (χ1n) is 9.80. The Hall–Kier alpha value is -1.39. The molecule has 0 heterocycles. The van der Waals surface area contributed by atoms with E-state index in [-0.39, 0.29) is 12.0 Å². The van der Waals surface area contributed by atoms with Gasteiger partial charge in [0.1, 0.15) is 6.04 Å². The van der Waals surface area contributed by atoms with E-state index in [0.29, 0.717) is 6.61 Å². The molecule has 0 aromatic heterocycles. The maximum absolute atomic E-state index is 12.8. The zero-order chi connectivity index (χ0) is 18.5. The highest BCUT2D eigenvalue weighted by molar-refractivity contribution is 5.82. The van der Waals surface area contributed by atoms with Gasteiger partial charge >= 0.3 is 0 Å². The Morgan fingerprint density at radius 2 is 1.60 bits per heavy atom. The highest BCUT2D eigenvalue weighted by atomic mass is 16.5. The summed E-state index contributed by atoms with van der Waals surface area (Å²) >= 11 is 0. The van der Waals surface area contributed by atoms with Crippen LogP contribution in [0.2, 0.25) is 0 Å². The average Bonchev–Trinajstić information content (AvgIpc) is 2.64. The molecule has 2 atom stereocenters. The van der Waals surface area contributed by atoms with E-state index in [1.54, 1.807) is 0 Å². The summed E-state index contributed by atoms with van der Waals surface area (Å²) < 4.78 is 5.84. The largest absolute Gasteiger partial charge is 0.372 e. The minimum absolute atomic E-state index is 0.0211. The number of benzene rings is 1. The normalized spacial score (nSPS) is 13.4. The van der Waals surface area contributed by atoms with Crippen LogP contribution in [0.1, 0.15) is 64.9 Å². The van der Waals surface area contributed by atoms with Gasteiger partial charge in [0.25, 0.3) is 0 Å². The molecular formula is C21H36N2O2. The van der Waals surface area contributed by atoms with E-state index in [9.17, 15) is 4.79 Å². The number of rotatable bonds is 13. The topological polar surface area (TPSA) is 55.6 Å². The first-order valence-corrected chi connectivity index (χ1v) is 9.80. The number of amides is 1. The molecule has 0 spiro atoms. The van der Waals surface area contributed by atoms with Crippen LogP contribution in [0.4, 0.5) is 0 Å². The van der Waals surface area contributed by atoms with Crippen molar-refractivity contribution in [2.24, 2.45) is 5.73 Å². The Morgan fingerprint density at radius 3 is 2.12 bits per heavy atom. The van der Waals surface area contributed by atoms with Crippen LogP contribution in [0, 0.1) is 0 Å². The molecule has 25 heavy (non-hydrogen) atoms. The molecule has 2 N–H and O–H groups in total. The molecule has 0 saturated carbocycles. The van der Waals surface area contributed by atoms with Gasteiger partial charge in [0.05, 0.1) is 12.7 Å².